The summed E-state index contributed by atoms with van der Waals surface area (Å²) in [6, 6.07) is 0. The summed E-state index contributed by atoms with van der Waals surface area (Å²) in [6.07, 6.45) is 4.03. The Morgan fingerprint density at radius 1 is 1.64 bits per heavy atom. The number of nitrogens with zero attached hydrogens (tertiary/aromatic N) is 1. The minimum atomic E-state index is -0.496. The van der Waals surface area contributed by atoms with Gasteiger partial charge in [-0.1, -0.05) is 5.73 Å². The molecule has 4 nitrogen and oxygen atoms in total. The Kier molecular flexibility index (Phi) is 4.15. The first-order chi connectivity index (χ1) is 4.70. The molecule has 1 aliphatic rings. The fourth-order valence-electron chi connectivity index (χ4n) is 0.586. The first kappa shape index (κ1) is 10.5. The third-order valence-corrected chi connectivity index (χ3v) is 1.02. The second-order valence-electron chi connectivity index (χ2n) is 1.76. The van der Waals surface area contributed by atoms with E-state index in [-0.39, 0.29) is 41.0 Å². The van der Waals surface area contributed by atoms with Gasteiger partial charge in [-0.25, -0.2) is 0 Å². The molecule has 2 N–H and O–H groups in total. The van der Waals surface area contributed by atoms with E-state index < -0.39 is 4.92 Å². The van der Waals surface area contributed by atoms with Crippen molar-refractivity contribution < 1.29 is 4.92 Å². The van der Waals surface area contributed by atoms with Gasteiger partial charge < -0.3 is 5.73 Å². The zero-order valence-corrected chi connectivity index (χ0v) is 8.07. The molecule has 5 heteroatoms. The predicted octanol–water partition coefficient (Wildman–Crippen LogP) is -0.0182. The Bertz CT molecular complexity index is 264. The molecule has 0 aliphatic heterocycles. The van der Waals surface area contributed by atoms with Crippen molar-refractivity contribution >= 4 is 29.6 Å². The van der Waals surface area contributed by atoms with Crippen molar-refractivity contribution in [1.29, 1.82) is 0 Å². The molecule has 52 valence electrons. The van der Waals surface area contributed by atoms with Gasteiger partial charge in [0.2, 0.25) is 0 Å². The molecular formula is C6H5N2NaO2. The molecule has 1 rings (SSSR count). The molecule has 0 spiro atoms. The molecule has 0 saturated heterocycles. The minimum Gasteiger partial charge on any atom is -0.395 e. The van der Waals surface area contributed by atoms with Crippen molar-refractivity contribution in [2.75, 3.05) is 0 Å². The van der Waals surface area contributed by atoms with Gasteiger partial charge in [-0.2, -0.15) is 0 Å². The van der Waals surface area contributed by atoms with Gasteiger partial charge in [0.05, 0.1) is 10.6 Å². The molecule has 0 amide bonds. The predicted molar refractivity (Wildman–Crippen MR) is 40.9 cm³/mol. The van der Waals surface area contributed by atoms with Crippen LogP contribution in [-0.2, 0) is 0 Å². The van der Waals surface area contributed by atoms with Crippen molar-refractivity contribution in [2.45, 2.75) is 0 Å². The maximum atomic E-state index is 10.1. The Labute approximate surface area is 85.9 Å². The van der Waals surface area contributed by atoms with Crippen molar-refractivity contribution in [3.8, 4) is 0 Å². The summed E-state index contributed by atoms with van der Waals surface area (Å²) in [7, 11) is 0. The molecule has 2 radical (unpaired) electrons. The van der Waals surface area contributed by atoms with Gasteiger partial charge in [-0.3, -0.25) is 10.1 Å². The average molecular weight is 160 g/mol. The first-order valence-corrected chi connectivity index (χ1v) is 2.62. The number of allylic oxidation sites excluding steroid dienone is 1. The van der Waals surface area contributed by atoms with Crippen LogP contribution in [0.3, 0.4) is 0 Å². The second kappa shape index (κ2) is 4.36. The van der Waals surface area contributed by atoms with E-state index in [1.807, 2.05) is 0 Å². The van der Waals surface area contributed by atoms with E-state index >= 15 is 0 Å². The fraction of sp³-hybridized carbons (Fsp3) is 0. The van der Waals surface area contributed by atoms with E-state index in [2.05, 4.69) is 5.73 Å². The number of nitrogens with two attached hydrogens (primary N) is 1. The number of hydrogen-bond donors (Lipinski definition) is 1. The van der Waals surface area contributed by atoms with Gasteiger partial charge >= 0.3 is 0 Å². The standard InChI is InChI=1S/C6H5N2O2.Na/c7-5-2-1-3-6(4-5)8(9)10;/h1,3-4H,7H2;. The van der Waals surface area contributed by atoms with Crippen LogP contribution in [0.4, 0.5) is 0 Å². The van der Waals surface area contributed by atoms with Crippen LogP contribution in [0, 0.1) is 16.5 Å². The summed E-state index contributed by atoms with van der Waals surface area (Å²) in [4.78, 5) is 9.59. The second-order valence-corrected chi connectivity index (χ2v) is 1.76. The molecule has 0 bridgehead atoms. The first-order valence-electron chi connectivity index (χ1n) is 2.62. The summed E-state index contributed by atoms with van der Waals surface area (Å²) in [5.41, 5.74) is 8.12. The van der Waals surface area contributed by atoms with Crippen LogP contribution >= 0.6 is 0 Å². The SMILES string of the molecule is NC1=C=CC=C([N+](=O)[O-])[CH]1.[Na]. The molecule has 0 aromatic carbocycles. The Balaban J connectivity index is 0.000001000. The number of rotatable bonds is 1. The molecule has 0 aromatic heterocycles. The van der Waals surface area contributed by atoms with E-state index in [0.29, 0.717) is 0 Å². The largest absolute Gasteiger partial charge is 0.395 e. The quantitative estimate of drug-likeness (QED) is 0.253. The molecule has 0 heterocycles. The van der Waals surface area contributed by atoms with Crippen molar-refractivity contribution in [3.05, 3.63) is 45.8 Å². The molecule has 0 fully saturated rings. The Morgan fingerprint density at radius 2 is 2.27 bits per heavy atom. The van der Waals surface area contributed by atoms with Crippen molar-refractivity contribution in [1.82, 2.24) is 0 Å². The van der Waals surface area contributed by atoms with Crippen LogP contribution in [0.25, 0.3) is 0 Å². The molecule has 11 heavy (non-hydrogen) atoms. The molecule has 0 unspecified atom stereocenters. The summed E-state index contributed by atoms with van der Waals surface area (Å²) in [5.74, 6) is 0. The van der Waals surface area contributed by atoms with E-state index in [1.165, 1.54) is 18.6 Å². The van der Waals surface area contributed by atoms with Gasteiger partial charge in [0.15, 0.2) is 0 Å². The van der Waals surface area contributed by atoms with E-state index in [0.717, 1.165) is 0 Å². The third-order valence-electron chi connectivity index (χ3n) is 1.02. The maximum Gasteiger partial charge on any atom is 0.257 e. The monoisotopic (exact) mass is 160 g/mol. The van der Waals surface area contributed by atoms with Crippen LogP contribution in [0.15, 0.2) is 29.3 Å². The van der Waals surface area contributed by atoms with Gasteiger partial charge in [-0.05, 0) is 6.08 Å². The molecule has 1 aliphatic carbocycles. The third kappa shape index (κ3) is 2.91. The zero-order valence-electron chi connectivity index (χ0n) is 6.07. The van der Waals surface area contributed by atoms with Gasteiger partial charge in [0.1, 0.15) is 6.42 Å². The molecule has 0 aromatic rings. The van der Waals surface area contributed by atoms with Crippen LogP contribution in [0.5, 0.6) is 0 Å². The van der Waals surface area contributed by atoms with Crippen molar-refractivity contribution in [2.24, 2.45) is 5.73 Å². The maximum absolute atomic E-state index is 10.1. The topological polar surface area (TPSA) is 69.2 Å². The fourth-order valence-corrected chi connectivity index (χ4v) is 0.586. The summed E-state index contributed by atoms with van der Waals surface area (Å²) in [6.45, 7) is 0. The van der Waals surface area contributed by atoms with Crippen molar-refractivity contribution in [3.63, 3.8) is 0 Å². The van der Waals surface area contributed by atoms with E-state index in [9.17, 15) is 10.1 Å². The van der Waals surface area contributed by atoms with Gasteiger partial charge in [0, 0.05) is 35.6 Å². The molecule has 0 saturated carbocycles. The van der Waals surface area contributed by atoms with Gasteiger partial charge in [-0.15, -0.1) is 0 Å². The number of hydrogen-bond acceptors (Lipinski definition) is 3. The smallest absolute Gasteiger partial charge is 0.257 e. The van der Waals surface area contributed by atoms with E-state index in [4.69, 9.17) is 5.73 Å². The summed E-state index contributed by atoms with van der Waals surface area (Å²) >= 11 is 0. The van der Waals surface area contributed by atoms with Gasteiger partial charge in [0.25, 0.3) is 5.70 Å². The normalized spacial score (nSPS) is 14.5. The zero-order chi connectivity index (χ0) is 7.56. The van der Waals surface area contributed by atoms with Crippen LogP contribution in [0.2, 0.25) is 0 Å². The van der Waals surface area contributed by atoms with Crippen LogP contribution in [0.1, 0.15) is 0 Å². The average Bonchev–Trinajstić information content (AvgIpc) is 1.88. The summed E-state index contributed by atoms with van der Waals surface area (Å²) < 4.78 is 0. The minimum absolute atomic E-state index is 0. The Hall–Kier alpha value is -0.540. The number of nitro groups is 1. The van der Waals surface area contributed by atoms with Crippen LogP contribution in [-0.4, -0.2) is 34.5 Å². The molecule has 0 atom stereocenters. The van der Waals surface area contributed by atoms with E-state index in [1.54, 1.807) is 0 Å². The molecular weight excluding hydrogens is 155 g/mol. The summed E-state index contributed by atoms with van der Waals surface area (Å²) in [5, 5.41) is 10.1. The van der Waals surface area contributed by atoms with Crippen LogP contribution < -0.4 is 5.73 Å². The Morgan fingerprint density at radius 3 is 2.64 bits per heavy atom.